The van der Waals surface area contributed by atoms with Gasteiger partial charge < -0.3 is 25.0 Å². The summed E-state index contributed by atoms with van der Waals surface area (Å²) in [4.78, 5) is 46.8. The van der Waals surface area contributed by atoms with Gasteiger partial charge in [-0.15, -0.1) is 0 Å². The number of alkyl halides is 3. The molecule has 1 saturated carbocycles. The Morgan fingerprint density at radius 1 is 1.11 bits per heavy atom. The third-order valence-electron chi connectivity index (χ3n) is 8.54. The van der Waals surface area contributed by atoms with E-state index in [2.05, 4.69) is 20.7 Å². The average Bonchev–Trinajstić information content (AvgIpc) is 3.37. The summed E-state index contributed by atoms with van der Waals surface area (Å²) >= 11 is 6.46. The van der Waals surface area contributed by atoms with E-state index in [1.165, 1.54) is 46.9 Å². The van der Waals surface area contributed by atoms with E-state index in [1.807, 2.05) is 6.92 Å². The fourth-order valence-corrected chi connectivity index (χ4v) is 6.11. The van der Waals surface area contributed by atoms with Gasteiger partial charge in [0.05, 0.1) is 39.6 Å². The molecule has 2 aliphatic heterocycles. The number of nitrogens with one attached hydrogen (secondary N) is 2. The number of carbonyl (C=O) groups excluding carboxylic acids is 3. The number of imidazole rings is 1. The van der Waals surface area contributed by atoms with Gasteiger partial charge in [-0.1, -0.05) is 11.6 Å². The van der Waals surface area contributed by atoms with E-state index in [-0.39, 0.29) is 51.2 Å². The fraction of sp³-hybridized carbons (Fsp3) is 0.483. The van der Waals surface area contributed by atoms with Crippen molar-refractivity contribution in [2.45, 2.75) is 50.4 Å². The van der Waals surface area contributed by atoms with Crippen molar-refractivity contribution in [2.75, 3.05) is 38.0 Å². The summed E-state index contributed by atoms with van der Waals surface area (Å²) in [5, 5.41) is 9.82. The van der Waals surface area contributed by atoms with Crippen molar-refractivity contribution in [3.8, 4) is 11.3 Å². The molecule has 234 valence electrons. The number of rotatable bonds is 6. The van der Waals surface area contributed by atoms with Gasteiger partial charge in [-0.05, 0) is 57.4 Å². The predicted octanol–water partition coefficient (Wildman–Crippen LogP) is 3.97. The lowest BCUT2D eigenvalue weighted by atomic mass is 9.98. The van der Waals surface area contributed by atoms with Gasteiger partial charge in [-0.3, -0.25) is 19.1 Å². The molecule has 4 heterocycles. The first kappa shape index (κ1) is 30.1. The van der Waals surface area contributed by atoms with Gasteiger partial charge in [0.15, 0.2) is 11.5 Å². The number of hydrogen-bond donors (Lipinski definition) is 2. The van der Waals surface area contributed by atoms with Crippen LogP contribution in [0.15, 0.2) is 30.6 Å². The molecule has 0 unspecified atom stereocenters. The van der Waals surface area contributed by atoms with Crippen molar-refractivity contribution in [1.82, 2.24) is 34.4 Å². The number of nitrogens with zero attached hydrogens (tertiary/aromatic N) is 6. The van der Waals surface area contributed by atoms with Gasteiger partial charge in [0.25, 0.3) is 11.8 Å². The van der Waals surface area contributed by atoms with E-state index in [4.69, 9.17) is 11.6 Å². The number of anilines is 1. The molecule has 44 heavy (non-hydrogen) atoms. The van der Waals surface area contributed by atoms with Crippen LogP contribution in [0, 0.1) is 0 Å². The van der Waals surface area contributed by atoms with E-state index >= 15 is 0 Å². The maximum absolute atomic E-state index is 13.7. The molecule has 15 heteroatoms. The summed E-state index contributed by atoms with van der Waals surface area (Å²) < 4.78 is 43.8. The quantitative estimate of drug-likeness (QED) is 0.425. The molecule has 2 saturated heterocycles. The second-order valence-electron chi connectivity index (χ2n) is 11.7. The monoisotopic (exact) mass is 632 g/mol. The Bertz CT molecular complexity index is 1620. The van der Waals surface area contributed by atoms with E-state index in [0.717, 1.165) is 32.2 Å². The van der Waals surface area contributed by atoms with Crippen molar-refractivity contribution in [3.63, 3.8) is 0 Å². The van der Waals surface area contributed by atoms with Gasteiger partial charge in [-0.2, -0.15) is 18.3 Å². The summed E-state index contributed by atoms with van der Waals surface area (Å²) in [6.07, 6.45) is 1.15. The zero-order chi connectivity index (χ0) is 31.4. The normalized spacial score (nSPS) is 20.7. The van der Waals surface area contributed by atoms with Gasteiger partial charge in [-0.25, -0.2) is 4.98 Å². The Balaban J connectivity index is 1.11. The molecule has 3 aromatic rings. The fourth-order valence-electron chi connectivity index (χ4n) is 5.85. The molecule has 1 atom stereocenters. The van der Waals surface area contributed by atoms with Gasteiger partial charge >= 0.3 is 6.18 Å². The molecule has 2 N–H and O–H groups in total. The van der Waals surface area contributed by atoms with E-state index in [9.17, 15) is 27.6 Å². The van der Waals surface area contributed by atoms with Gasteiger partial charge in [0, 0.05) is 45.1 Å². The van der Waals surface area contributed by atoms with Crippen LogP contribution in [0.1, 0.15) is 65.3 Å². The summed E-state index contributed by atoms with van der Waals surface area (Å²) in [5.74, 6) is -1.01. The van der Waals surface area contributed by atoms with Gasteiger partial charge in [0.1, 0.15) is 0 Å². The van der Waals surface area contributed by atoms with E-state index < -0.39 is 23.3 Å². The summed E-state index contributed by atoms with van der Waals surface area (Å²) in [6.45, 7) is 4.31. The predicted molar refractivity (Wildman–Crippen MR) is 155 cm³/mol. The van der Waals surface area contributed by atoms with Crippen LogP contribution < -0.4 is 10.6 Å². The first-order valence-corrected chi connectivity index (χ1v) is 14.9. The molecule has 2 aromatic heterocycles. The summed E-state index contributed by atoms with van der Waals surface area (Å²) in [6, 6.07) is 4.41. The average molecular weight is 633 g/mol. The third kappa shape index (κ3) is 5.68. The number of benzene rings is 1. The first-order chi connectivity index (χ1) is 20.9. The van der Waals surface area contributed by atoms with E-state index in [0.29, 0.717) is 26.2 Å². The second-order valence-corrected chi connectivity index (χ2v) is 12.1. The smallest absolute Gasteiger partial charge is 0.338 e. The van der Waals surface area contributed by atoms with Crippen LogP contribution in [0.4, 0.5) is 18.9 Å². The van der Waals surface area contributed by atoms with E-state index in [1.54, 1.807) is 9.80 Å². The lowest BCUT2D eigenvalue weighted by molar-refractivity contribution is -0.141. The highest BCUT2D eigenvalue weighted by Gasteiger charge is 2.41. The van der Waals surface area contributed by atoms with Gasteiger partial charge in [0.2, 0.25) is 5.91 Å². The SMILES string of the molecule is Cn1c(-c2cn(C3CC3)nc2C(F)(F)F)cnc1C(=O)Nc1ccc(C(=O)N2CCN(C(=O)[C@]3(C)CCCN3)CC2)c(Cl)c1. The second kappa shape index (κ2) is 11.2. The third-order valence-corrected chi connectivity index (χ3v) is 8.85. The number of hydrogen-bond acceptors (Lipinski definition) is 6. The first-order valence-electron chi connectivity index (χ1n) is 14.5. The molecule has 1 aliphatic carbocycles. The molecule has 0 bridgehead atoms. The van der Waals surface area contributed by atoms with Crippen molar-refractivity contribution in [1.29, 1.82) is 0 Å². The minimum absolute atomic E-state index is 0.0502. The molecule has 6 rings (SSSR count). The number of halogens is 4. The van der Waals surface area contributed by atoms with Crippen LogP contribution in [0.2, 0.25) is 5.02 Å². The standard InChI is InChI=1S/C29H32ClF3N8O3/c1-28(8-3-9-35-28)27(44)40-12-10-39(11-13-40)26(43)19-7-4-17(14-21(19)30)36-25(42)24-34-15-22(38(24)2)20-16-41(18-5-6-18)37-23(20)29(31,32)33/h4,7,14-16,18,35H,3,5-6,8-13H2,1-2H3,(H,36,42)/t28-/m0/s1. The zero-order valence-corrected chi connectivity index (χ0v) is 25.0. The summed E-state index contributed by atoms with van der Waals surface area (Å²) in [5.41, 5.74) is -1.11. The highest BCUT2D eigenvalue weighted by atomic mass is 35.5. The Morgan fingerprint density at radius 3 is 2.43 bits per heavy atom. The van der Waals surface area contributed by atoms with Crippen LogP contribution in [0.3, 0.4) is 0 Å². The highest BCUT2D eigenvalue weighted by molar-refractivity contribution is 6.34. The van der Waals surface area contributed by atoms with Crippen molar-refractivity contribution >= 4 is 35.0 Å². The van der Waals surface area contributed by atoms with Crippen molar-refractivity contribution in [2.24, 2.45) is 7.05 Å². The van der Waals surface area contributed by atoms with Crippen LogP contribution in [0.25, 0.3) is 11.3 Å². The Morgan fingerprint density at radius 2 is 1.82 bits per heavy atom. The summed E-state index contributed by atoms with van der Waals surface area (Å²) in [7, 11) is 1.46. The largest absolute Gasteiger partial charge is 0.435 e. The Kier molecular flexibility index (Phi) is 7.68. The number of aromatic nitrogens is 4. The molecule has 0 spiro atoms. The molecule has 11 nitrogen and oxygen atoms in total. The molecule has 3 amide bonds. The molecule has 3 fully saturated rings. The van der Waals surface area contributed by atoms with Crippen LogP contribution in [0.5, 0.6) is 0 Å². The lowest BCUT2D eigenvalue weighted by Crippen LogP contribution is -2.58. The molecule has 1 aromatic carbocycles. The van der Waals surface area contributed by atoms with Crippen LogP contribution >= 0.6 is 11.6 Å². The lowest BCUT2D eigenvalue weighted by Gasteiger charge is -2.38. The maximum atomic E-state index is 13.7. The molecule has 3 aliphatic rings. The number of amides is 3. The Hall–Kier alpha value is -3.91. The van der Waals surface area contributed by atoms with Crippen molar-refractivity contribution < 1.29 is 27.6 Å². The number of piperazine rings is 1. The maximum Gasteiger partial charge on any atom is 0.435 e. The molecule has 0 radical (unpaired) electrons. The molecular formula is C29H32ClF3N8O3. The molecular weight excluding hydrogens is 601 g/mol. The minimum atomic E-state index is -4.67. The zero-order valence-electron chi connectivity index (χ0n) is 24.2. The highest BCUT2D eigenvalue weighted by Crippen LogP contribution is 2.41. The number of carbonyl (C=O) groups is 3. The topological polar surface area (TPSA) is 117 Å². The minimum Gasteiger partial charge on any atom is -0.338 e. The van der Waals surface area contributed by atoms with Crippen molar-refractivity contribution in [3.05, 3.63) is 52.7 Å². The Labute approximate surface area is 256 Å². The van der Waals surface area contributed by atoms with Crippen LogP contribution in [-0.4, -0.2) is 85.1 Å². The van der Waals surface area contributed by atoms with Crippen LogP contribution in [-0.2, 0) is 18.0 Å².